The molecule has 0 radical (unpaired) electrons. The van der Waals surface area contributed by atoms with E-state index in [0.29, 0.717) is 5.56 Å². The molecule has 19 heavy (non-hydrogen) atoms. The first-order valence-electron chi connectivity index (χ1n) is 5.71. The van der Waals surface area contributed by atoms with Crippen LogP contribution in [0.1, 0.15) is 23.7 Å². The van der Waals surface area contributed by atoms with Crippen molar-refractivity contribution in [3.8, 4) is 0 Å². The van der Waals surface area contributed by atoms with Gasteiger partial charge in [0.15, 0.2) is 5.78 Å². The summed E-state index contributed by atoms with van der Waals surface area (Å²) in [5.41, 5.74) is 0.401. The maximum Gasteiger partial charge on any atom is 0.321 e. The van der Waals surface area contributed by atoms with Crippen molar-refractivity contribution in [2.45, 2.75) is 25.4 Å². The topological polar surface area (TPSA) is 104 Å². The van der Waals surface area contributed by atoms with Crippen LogP contribution < -0.4 is 5.32 Å². The Hall–Kier alpha value is -2.21. The van der Waals surface area contributed by atoms with Crippen LogP contribution in [-0.2, 0) is 9.59 Å². The molecule has 0 unspecified atom stereocenters. The van der Waals surface area contributed by atoms with Crippen molar-refractivity contribution in [3.05, 3.63) is 35.9 Å². The predicted octanol–water partition coefficient (Wildman–Crippen LogP) is 0.775. The number of rotatable bonds is 7. The third kappa shape index (κ3) is 4.51. The fraction of sp³-hybridized carbons (Fsp3) is 0.308. The van der Waals surface area contributed by atoms with Gasteiger partial charge in [-0.05, 0) is 6.92 Å². The SMILES string of the molecule is C[C@H](N[C@H](CC(=O)c1ccccc1)C(=O)O)C(=O)O. The van der Waals surface area contributed by atoms with Crippen LogP contribution in [0.15, 0.2) is 30.3 Å². The standard InChI is InChI=1S/C13H15NO5/c1-8(12(16)17)14-10(13(18)19)7-11(15)9-5-3-2-4-6-9/h2-6,8,10,14H,7H2,1H3,(H,16,17)(H,18,19)/t8-,10+/m0/s1. The summed E-state index contributed by atoms with van der Waals surface area (Å²) in [6.07, 6.45) is -0.295. The number of ketones is 1. The molecule has 0 bridgehead atoms. The molecule has 0 saturated heterocycles. The van der Waals surface area contributed by atoms with Crippen LogP contribution in [-0.4, -0.2) is 40.0 Å². The second-order valence-electron chi connectivity index (χ2n) is 4.11. The Kier molecular flexibility index (Phi) is 5.20. The summed E-state index contributed by atoms with van der Waals surface area (Å²) >= 11 is 0. The van der Waals surface area contributed by atoms with Gasteiger partial charge in [0, 0.05) is 12.0 Å². The normalized spacial score (nSPS) is 13.5. The van der Waals surface area contributed by atoms with Crippen molar-refractivity contribution >= 4 is 17.7 Å². The van der Waals surface area contributed by atoms with Crippen molar-refractivity contribution in [1.29, 1.82) is 0 Å². The molecule has 102 valence electrons. The molecule has 6 heteroatoms. The number of benzene rings is 1. The maximum atomic E-state index is 11.9. The van der Waals surface area contributed by atoms with E-state index in [1.807, 2.05) is 0 Å². The number of Topliss-reactive ketones (excluding diaryl/α,β-unsaturated/α-hetero) is 1. The monoisotopic (exact) mass is 265 g/mol. The lowest BCUT2D eigenvalue weighted by Crippen LogP contribution is -2.46. The molecule has 1 rings (SSSR count). The highest BCUT2D eigenvalue weighted by Gasteiger charge is 2.25. The highest BCUT2D eigenvalue weighted by Crippen LogP contribution is 2.06. The van der Waals surface area contributed by atoms with E-state index in [1.54, 1.807) is 30.3 Å². The molecule has 1 aromatic rings. The van der Waals surface area contributed by atoms with Crippen molar-refractivity contribution in [2.75, 3.05) is 0 Å². The van der Waals surface area contributed by atoms with E-state index >= 15 is 0 Å². The molecule has 0 heterocycles. The Morgan fingerprint density at radius 1 is 1.11 bits per heavy atom. The number of carboxylic acid groups (broad SMARTS) is 2. The molecule has 0 aliphatic heterocycles. The van der Waals surface area contributed by atoms with Crippen LogP contribution in [0.5, 0.6) is 0 Å². The molecule has 6 nitrogen and oxygen atoms in total. The number of hydrogen-bond donors (Lipinski definition) is 3. The predicted molar refractivity (Wildman–Crippen MR) is 67.0 cm³/mol. The van der Waals surface area contributed by atoms with Crippen LogP contribution in [0.3, 0.4) is 0 Å². The number of carbonyl (C=O) groups is 3. The molecule has 3 N–H and O–H groups in total. The van der Waals surface area contributed by atoms with Gasteiger partial charge in [0.2, 0.25) is 0 Å². The summed E-state index contributed by atoms with van der Waals surface area (Å²) in [7, 11) is 0. The number of aliphatic carboxylic acids is 2. The van der Waals surface area contributed by atoms with Crippen LogP contribution in [0.25, 0.3) is 0 Å². The quantitative estimate of drug-likeness (QED) is 0.629. The summed E-state index contributed by atoms with van der Waals surface area (Å²) in [5.74, 6) is -2.77. The van der Waals surface area contributed by atoms with E-state index in [4.69, 9.17) is 10.2 Å². The largest absolute Gasteiger partial charge is 0.480 e. The van der Waals surface area contributed by atoms with Gasteiger partial charge in [0.25, 0.3) is 0 Å². The summed E-state index contributed by atoms with van der Waals surface area (Å²) in [6.45, 7) is 1.32. The van der Waals surface area contributed by atoms with Gasteiger partial charge in [-0.3, -0.25) is 19.7 Å². The lowest BCUT2D eigenvalue weighted by Gasteiger charge is -2.16. The van der Waals surface area contributed by atoms with Crippen molar-refractivity contribution in [2.24, 2.45) is 0 Å². The average Bonchev–Trinajstić information content (AvgIpc) is 2.38. The fourth-order valence-electron chi connectivity index (χ4n) is 1.52. The second kappa shape index (κ2) is 6.65. The van der Waals surface area contributed by atoms with Crippen molar-refractivity contribution < 1.29 is 24.6 Å². The third-order valence-electron chi connectivity index (χ3n) is 2.60. The summed E-state index contributed by atoms with van der Waals surface area (Å²) in [4.78, 5) is 33.5. The zero-order valence-electron chi connectivity index (χ0n) is 10.4. The molecule has 1 aromatic carbocycles. The Labute approximate surface area is 110 Å². The van der Waals surface area contributed by atoms with E-state index < -0.39 is 24.0 Å². The van der Waals surface area contributed by atoms with E-state index in [2.05, 4.69) is 5.32 Å². The summed E-state index contributed by atoms with van der Waals surface area (Å²) in [6, 6.07) is 6.01. The Balaban J connectivity index is 2.72. The van der Waals surface area contributed by atoms with Gasteiger partial charge in [-0.2, -0.15) is 0 Å². The van der Waals surface area contributed by atoms with Gasteiger partial charge in [-0.25, -0.2) is 0 Å². The molecule has 0 aromatic heterocycles. The van der Waals surface area contributed by atoms with E-state index in [9.17, 15) is 14.4 Å². The lowest BCUT2D eigenvalue weighted by atomic mass is 10.0. The van der Waals surface area contributed by atoms with Crippen molar-refractivity contribution in [1.82, 2.24) is 5.32 Å². The highest BCUT2D eigenvalue weighted by atomic mass is 16.4. The van der Waals surface area contributed by atoms with Gasteiger partial charge >= 0.3 is 11.9 Å². The first kappa shape index (κ1) is 14.8. The average molecular weight is 265 g/mol. The molecule has 0 aliphatic carbocycles. The minimum absolute atomic E-state index is 0.295. The van der Waals surface area contributed by atoms with Gasteiger partial charge in [0.05, 0.1) is 0 Å². The number of carbonyl (C=O) groups excluding carboxylic acids is 1. The molecule has 0 fully saturated rings. The third-order valence-corrected chi connectivity index (χ3v) is 2.60. The lowest BCUT2D eigenvalue weighted by molar-refractivity contribution is -0.142. The van der Waals surface area contributed by atoms with Gasteiger partial charge in [-0.1, -0.05) is 30.3 Å². The molecular weight excluding hydrogens is 250 g/mol. The number of hydrogen-bond acceptors (Lipinski definition) is 4. The Bertz CT molecular complexity index is 471. The van der Waals surface area contributed by atoms with E-state index in [-0.39, 0.29) is 12.2 Å². The van der Waals surface area contributed by atoms with Crippen LogP contribution >= 0.6 is 0 Å². The smallest absolute Gasteiger partial charge is 0.321 e. The highest BCUT2D eigenvalue weighted by molar-refractivity contribution is 5.98. The summed E-state index contributed by atoms with van der Waals surface area (Å²) < 4.78 is 0. The zero-order chi connectivity index (χ0) is 14.4. The van der Waals surface area contributed by atoms with Crippen LogP contribution in [0.4, 0.5) is 0 Å². The first-order valence-corrected chi connectivity index (χ1v) is 5.71. The van der Waals surface area contributed by atoms with E-state index in [1.165, 1.54) is 6.92 Å². The Morgan fingerprint density at radius 3 is 2.16 bits per heavy atom. The molecular formula is C13H15NO5. The number of nitrogens with one attached hydrogen (secondary N) is 1. The molecule has 0 saturated carbocycles. The van der Waals surface area contributed by atoms with E-state index in [0.717, 1.165) is 0 Å². The second-order valence-corrected chi connectivity index (χ2v) is 4.11. The van der Waals surface area contributed by atoms with Gasteiger partial charge in [-0.15, -0.1) is 0 Å². The first-order chi connectivity index (χ1) is 8.91. The van der Waals surface area contributed by atoms with Crippen molar-refractivity contribution in [3.63, 3.8) is 0 Å². The van der Waals surface area contributed by atoms with Crippen LogP contribution in [0.2, 0.25) is 0 Å². The molecule has 2 atom stereocenters. The molecule has 0 spiro atoms. The molecule has 0 amide bonds. The van der Waals surface area contributed by atoms with Gasteiger partial charge < -0.3 is 10.2 Å². The maximum absolute atomic E-state index is 11.9. The summed E-state index contributed by atoms with van der Waals surface area (Å²) in [5, 5.41) is 20.1. The minimum Gasteiger partial charge on any atom is -0.480 e. The van der Waals surface area contributed by atoms with Gasteiger partial charge in [0.1, 0.15) is 12.1 Å². The minimum atomic E-state index is -1.25. The molecule has 0 aliphatic rings. The Morgan fingerprint density at radius 2 is 1.68 bits per heavy atom. The zero-order valence-corrected chi connectivity index (χ0v) is 10.4. The van der Waals surface area contributed by atoms with Crippen LogP contribution in [0, 0.1) is 0 Å². The fourth-order valence-corrected chi connectivity index (χ4v) is 1.52. The number of carboxylic acids is 2.